The van der Waals surface area contributed by atoms with E-state index in [1.807, 2.05) is 0 Å². The summed E-state index contributed by atoms with van der Waals surface area (Å²) in [5, 5.41) is 15.1. The summed E-state index contributed by atoms with van der Waals surface area (Å²) < 4.78 is 0. The van der Waals surface area contributed by atoms with E-state index in [1.54, 1.807) is 31.2 Å². The van der Waals surface area contributed by atoms with Crippen LogP contribution in [0.15, 0.2) is 24.3 Å². The standard InChI is InChI=1S/C21H28N2O4/c1-21(13-18(24)25,15-6-3-2-4-7-15)20(27)23-17-9-5-8-16(12-17)22-19(26)14-10-11-14/h5,8-9,12,14-15H,2-4,6-7,10-11,13H2,1H3,(H,22,26)(H,23,27)(H,24,25). The van der Waals surface area contributed by atoms with Crippen molar-refractivity contribution in [2.45, 2.75) is 58.3 Å². The van der Waals surface area contributed by atoms with Crippen LogP contribution in [0.3, 0.4) is 0 Å². The molecule has 6 heteroatoms. The predicted molar refractivity (Wildman–Crippen MR) is 103 cm³/mol. The quantitative estimate of drug-likeness (QED) is 0.673. The van der Waals surface area contributed by atoms with E-state index in [0.29, 0.717) is 11.4 Å². The first-order valence-corrected chi connectivity index (χ1v) is 9.82. The van der Waals surface area contributed by atoms with Crippen molar-refractivity contribution in [2.75, 3.05) is 10.6 Å². The Morgan fingerprint density at radius 2 is 1.67 bits per heavy atom. The van der Waals surface area contributed by atoms with Gasteiger partial charge in [0.2, 0.25) is 11.8 Å². The van der Waals surface area contributed by atoms with Crippen LogP contribution in [0.5, 0.6) is 0 Å². The van der Waals surface area contributed by atoms with E-state index in [4.69, 9.17) is 0 Å². The Balaban J connectivity index is 1.72. The number of amides is 2. The molecule has 2 amide bonds. The summed E-state index contributed by atoms with van der Waals surface area (Å²) in [4.78, 5) is 36.4. The summed E-state index contributed by atoms with van der Waals surface area (Å²) in [6, 6.07) is 7.04. The van der Waals surface area contributed by atoms with Gasteiger partial charge in [-0.25, -0.2) is 0 Å². The number of aliphatic carboxylic acids is 1. The van der Waals surface area contributed by atoms with Crippen LogP contribution in [-0.2, 0) is 14.4 Å². The summed E-state index contributed by atoms with van der Waals surface area (Å²) in [7, 11) is 0. The molecule has 0 aromatic heterocycles. The van der Waals surface area contributed by atoms with Crippen molar-refractivity contribution in [1.29, 1.82) is 0 Å². The number of carboxylic acid groups (broad SMARTS) is 1. The number of hydrogen-bond acceptors (Lipinski definition) is 3. The van der Waals surface area contributed by atoms with E-state index >= 15 is 0 Å². The highest BCUT2D eigenvalue weighted by atomic mass is 16.4. The normalized spacial score (nSPS) is 19.7. The highest BCUT2D eigenvalue weighted by Gasteiger charge is 2.43. The van der Waals surface area contributed by atoms with Crippen molar-refractivity contribution in [3.8, 4) is 0 Å². The first-order chi connectivity index (χ1) is 12.9. The lowest BCUT2D eigenvalue weighted by molar-refractivity contribution is -0.145. The van der Waals surface area contributed by atoms with Crippen molar-refractivity contribution in [2.24, 2.45) is 17.3 Å². The van der Waals surface area contributed by atoms with Crippen molar-refractivity contribution in [3.05, 3.63) is 24.3 Å². The molecule has 3 N–H and O–H groups in total. The first-order valence-electron chi connectivity index (χ1n) is 9.82. The third-order valence-corrected chi connectivity index (χ3v) is 5.88. The van der Waals surface area contributed by atoms with E-state index in [-0.39, 0.29) is 30.1 Å². The van der Waals surface area contributed by atoms with Gasteiger partial charge in [0.25, 0.3) is 0 Å². The van der Waals surface area contributed by atoms with Crippen molar-refractivity contribution in [1.82, 2.24) is 0 Å². The maximum atomic E-state index is 13.1. The van der Waals surface area contributed by atoms with Crippen molar-refractivity contribution < 1.29 is 19.5 Å². The third kappa shape index (κ3) is 4.87. The number of carboxylic acids is 1. The molecule has 0 heterocycles. The number of carbonyl (C=O) groups excluding carboxylic acids is 2. The SMILES string of the molecule is CC(CC(=O)O)(C(=O)Nc1cccc(NC(=O)C2CC2)c1)C1CCCCC1. The van der Waals surface area contributed by atoms with Gasteiger partial charge < -0.3 is 15.7 Å². The number of nitrogens with one attached hydrogen (secondary N) is 2. The average molecular weight is 372 g/mol. The smallest absolute Gasteiger partial charge is 0.304 e. The van der Waals surface area contributed by atoms with E-state index < -0.39 is 11.4 Å². The molecule has 2 aliphatic rings. The number of carbonyl (C=O) groups is 3. The lowest BCUT2D eigenvalue weighted by Crippen LogP contribution is -2.42. The topological polar surface area (TPSA) is 95.5 Å². The zero-order chi connectivity index (χ0) is 19.4. The molecule has 2 saturated carbocycles. The number of benzene rings is 1. The van der Waals surface area contributed by atoms with Crippen LogP contribution in [0.25, 0.3) is 0 Å². The van der Waals surface area contributed by atoms with Crippen LogP contribution in [0.1, 0.15) is 58.3 Å². The molecule has 27 heavy (non-hydrogen) atoms. The number of anilines is 2. The zero-order valence-corrected chi connectivity index (χ0v) is 15.8. The molecular formula is C21H28N2O4. The fraction of sp³-hybridized carbons (Fsp3) is 0.571. The molecule has 0 aliphatic heterocycles. The fourth-order valence-electron chi connectivity index (χ4n) is 4.00. The van der Waals surface area contributed by atoms with Gasteiger partial charge in [0.05, 0.1) is 11.8 Å². The second kappa shape index (κ2) is 8.11. The van der Waals surface area contributed by atoms with Gasteiger partial charge in [0.1, 0.15) is 0 Å². The second-order valence-corrected chi connectivity index (χ2v) is 8.12. The lowest BCUT2D eigenvalue weighted by Gasteiger charge is -2.37. The van der Waals surface area contributed by atoms with Crippen molar-refractivity contribution in [3.63, 3.8) is 0 Å². The minimum absolute atomic E-state index is 0.0106. The van der Waals surface area contributed by atoms with Crippen LogP contribution in [0.4, 0.5) is 11.4 Å². The second-order valence-electron chi connectivity index (χ2n) is 8.12. The largest absolute Gasteiger partial charge is 0.481 e. The molecule has 2 aliphatic carbocycles. The first kappa shape index (κ1) is 19.4. The third-order valence-electron chi connectivity index (χ3n) is 5.88. The molecule has 1 aromatic rings. The molecule has 1 aromatic carbocycles. The van der Waals surface area contributed by atoms with Gasteiger partial charge in [-0.15, -0.1) is 0 Å². The summed E-state index contributed by atoms with van der Waals surface area (Å²) in [5.41, 5.74) is 0.266. The molecule has 0 radical (unpaired) electrons. The molecule has 6 nitrogen and oxygen atoms in total. The number of rotatable bonds is 7. The zero-order valence-electron chi connectivity index (χ0n) is 15.8. The van der Waals surface area contributed by atoms with Crippen LogP contribution in [0, 0.1) is 17.3 Å². The molecule has 0 bridgehead atoms. The predicted octanol–water partition coefficient (Wildman–Crippen LogP) is 4.03. The van der Waals surface area contributed by atoms with E-state index in [9.17, 15) is 19.5 Å². The molecule has 1 unspecified atom stereocenters. The van der Waals surface area contributed by atoms with Gasteiger partial charge in [-0.3, -0.25) is 14.4 Å². The van der Waals surface area contributed by atoms with Gasteiger partial charge in [-0.1, -0.05) is 25.3 Å². The van der Waals surface area contributed by atoms with E-state index in [2.05, 4.69) is 10.6 Å². The molecule has 2 fully saturated rings. The van der Waals surface area contributed by atoms with Crippen molar-refractivity contribution >= 4 is 29.2 Å². The summed E-state index contributed by atoms with van der Waals surface area (Å²) >= 11 is 0. The molecule has 1 atom stereocenters. The molecule has 3 rings (SSSR count). The minimum atomic E-state index is -0.955. The Morgan fingerprint density at radius 3 is 2.26 bits per heavy atom. The monoisotopic (exact) mass is 372 g/mol. The minimum Gasteiger partial charge on any atom is -0.481 e. The van der Waals surface area contributed by atoms with E-state index in [1.165, 1.54) is 0 Å². The Hall–Kier alpha value is -2.37. The van der Waals surface area contributed by atoms with Crippen LogP contribution in [-0.4, -0.2) is 22.9 Å². The maximum Gasteiger partial charge on any atom is 0.304 e. The van der Waals surface area contributed by atoms with Gasteiger partial charge >= 0.3 is 5.97 Å². The average Bonchev–Trinajstić information content (AvgIpc) is 3.47. The van der Waals surface area contributed by atoms with Gasteiger partial charge in [0, 0.05) is 17.3 Å². The lowest BCUT2D eigenvalue weighted by atomic mass is 9.67. The highest BCUT2D eigenvalue weighted by molar-refractivity contribution is 5.99. The Morgan fingerprint density at radius 1 is 1.04 bits per heavy atom. The maximum absolute atomic E-state index is 13.1. The van der Waals surface area contributed by atoms with Gasteiger partial charge in [-0.05, 0) is 56.7 Å². The van der Waals surface area contributed by atoms with Gasteiger partial charge in [-0.2, -0.15) is 0 Å². The van der Waals surface area contributed by atoms with Gasteiger partial charge in [0.15, 0.2) is 0 Å². The Kier molecular flexibility index (Phi) is 5.82. The summed E-state index contributed by atoms with van der Waals surface area (Å²) in [5.74, 6) is -1.03. The summed E-state index contributed by atoms with van der Waals surface area (Å²) in [6.45, 7) is 1.77. The molecular weight excluding hydrogens is 344 g/mol. The Bertz CT molecular complexity index is 723. The molecule has 0 spiro atoms. The van der Waals surface area contributed by atoms with E-state index in [0.717, 1.165) is 44.9 Å². The van der Waals surface area contributed by atoms with Crippen LogP contribution >= 0.6 is 0 Å². The summed E-state index contributed by atoms with van der Waals surface area (Å²) in [6.07, 6.45) is 6.66. The fourth-order valence-corrected chi connectivity index (χ4v) is 4.00. The highest BCUT2D eigenvalue weighted by Crippen LogP contribution is 2.42. The molecule has 0 saturated heterocycles. The number of hydrogen-bond donors (Lipinski definition) is 3. The Labute approximate surface area is 159 Å². The van der Waals surface area contributed by atoms with Crippen LogP contribution < -0.4 is 10.6 Å². The van der Waals surface area contributed by atoms with Crippen LogP contribution in [0.2, 0.25) is 0 Å². The molecule has 146 valence electrons.